The van der Waals surface area contributed by atoms with Crippen molar-refractivity contribution >= 4 is 6.03 Å². The summed E-state index contributed by atoms with van der Waals surface area (Å²) >= 11 is 0. The van der Waals surface area contributed by atoms with Gasteiger partial charge in [-0.05, 0) is 26.3 Å². The number of carbonyl (C=O) groups is 1. The Morgan fingerprint density at radius 3 is 2.95 bits per heavy atom. The Hall–Kier alpha value is -1.60. The molecule has 1 atom stereocenters. The quantitative estimate of drug-likeness (QED) is 0.869. The van der Waals surface area contributed by atoms with E-state index < -0.39 is 0 Å². The number of nitrogens with one attached hydrogen (secondary N) is 2. The minimum Gasteiger partial charge on any atom is -0.376 e. The van der Waals surface area contributed by atoms with Gasteiger partial charge in [0.2, 0.25) is 0 Å². The second-order valence-electron chi connectivity index (χ2n) is 6.32. The average molecular weight is 307 g/mol. The van der Waals surface area contributed by atoms with Crippen LogP contribution in [0, 0.1) is 0 Å². The number of imidazole rings is 1. The van der Waals surface area contributed by atoms with Gasteiger partial charge in [0, 0.05) is 45.7 Å². The van der Waals surface area contributed by atoms with Crippen LogP contribution in [0.1, 0.15) is 31.1 Å². The lowest BCUT2D eigenvalue weighted by atomic mass is 9.80. The first-order valence-electron chi connectivity index (χ1n) is 7.91. The normalized spacial score (nSPS) is 24.8. The van der Waals surface area contributed by atoms with Gasteiger partial charge in [-0.2, -0.15) is 0 Å². The summed E-state index contributed by atoms with van der Waals surface area (Å²) in [7, 11) is 3.80. The van der Waals surface area contributed by atoms with Gasteiger partial charge in [0.1, 0.15) is 5.82 Å². The second-order valence-corrected chi connectivity index (χ2v) is 6.32. The number of hydrogen-bond donors (Lipinski definition) is 2. The van der Waals surface area contributed by atoms with E-state index in [4.69, 9.17) is 4.74 Å². The van der Waals surface area contributed by atoms with Gasteiger partial charge in [-0.1, -0.05) is 0 Å². The monoisotopic (exact) mass is 307 g/mol. The summed E-state index contributed by atoms with van der Waals surface area (Å²) in [5.74, 6) is 0.910. The Bertz CT molecular complexity index is 495. The number of ether oxygens (including phenoxy) is 1. The zero-order valence-corrected chi connectivity index (χ0v) is 13.3. The van der Waals surface area contributed by atoms with Crippen LogP contribution in [0.4, 0.5) is 4.79 Å². The molecule has 1 aromatic rings. The molecule has 2 aliphatic rings. The van der Waals surface area contributed by atoms with Crippen LogP contribution in [0.2, 0.25) is 0 Å². The van der Waals surface area contributed by atoms with Crippen molar-refractivity contribution in [1.82, 2.24) is 25.1 Å². The molecule has 7 nitrogen and oxygen atoms in total. The van der Waals surface area contributed by atoms with Crippen LogP contribution in [-0.4, -0.2) is 71.7 Å². The molecule has 1 saturated heterocycles. The number of amides is 2. The van der Waals surface area contributed by atoms with Gasteiger partial charge in [0.15, 0.2) is 0 Å². The Morgan fingerprint density at radius 2 is 2.36 bits per heavy atom. The molecule has 3 rings (SSSR count). The fourth-order valence-electron chi connectivity index (χ4n) is 3.19. The highest BCUT2D eigenvalue weighted by Gasteiger charge is 2.38. The molecular weight excluding hydrogens is 282 g/mol. The average Bonchev–Trinajstić information content (AvgIpc) is 3.01. The summed E-state index contributed by atoms with van der Waals surface area (Å²) in [4.78, 5) is 24.0. The maximum absolute atomic E-state index is 12.4. The van der Waals surface area contributed by atoms with Crippen molar-refractivity contribution in [2.24, 2.45) is 0 Å². The highest BCUT2D eigenvalue weighted by atomic mass is 16.5. The number of carbonyl (C=O) groups excluding carboxylic acids is 1. The third-order valence-electron chi connectivity index (χ3n) is 5.03. The van der Waals surface area contributed by atoms with Crippen molar-refractivity contribution < 1.29 is 9.53 Å². The molecule has 7 heteroatoms. The molecule has 1 saturated carbocycles. The van der Waals surface area contributed by atoms with Gasteiger partial charge in [0.05, 0.1) is 11.6 Å². The number of nitrogens with zero attached hydrogens (tertiary/aromatic N) is 3. The third-order valence-corrected chi connectivity index (χ3v) is 5.03. The summed E-state index contributed by atoms with van der Waals surface area (Å²) in [5, 5.41) is 3.04. The zero-order chi connectivity index (χ0) is 15.6. The van der Waals surface area contributed by atoms with Crippen LogP contribution in [0.3, 0.4) is 0 Å². The Labute approximate surface area is 131 Å². The Balaban J connectivity index is 1.56. The summed E-state index contributed by atoms with van der Waals surface area (Å²) in [6.45, 7) is 2.82. The number of piperazine rings is 1. The summed E-state index contributed by atoms with van der Waals surface area (Å²) in [6.07, 6.45) is 6.81. The number of urea groups is 1. The standard InChI is InChI=1S/C15H25N5O2/c1-19-8-9-20(10-12(19)13-16-6-7-17-13)14(21)18-11-15(22-2)4-3-5-15/h6-7,12H,3-5,8-11H2,1-2H3,(H,16,17)(H,18,21)/t12-/m1/s1. The van der Waals surface area contributed by atoms with Crippen LogP contribution in [0.15, 0.2) is 12.4 Å². The fourth-order valence-corrected chi connectivity index (χ4v) is 3.19. The lowest BCUT2D eigenvalue weighted by Crippen LogP contribution is -2.56. The maximum Gasteiger partial charge on any atom is 0.317 e. The lowest BCUT2D eigenvalue weighted by Gasteiger charge is -2.42. The molecule has 1 aliphatic heterocycles. The minimum absolute atomic E-state index is 0.00650. The number of likely N-dealkylation sites (N-methyl/N-ethyl adjacent to an activating group) is 1. The molecule has 0 spiro atoms. The summed E-state index contributed by atoms with van der Waals surface area (Å²) in [5.41, 5.74) is -0.136. The van der Waals surface area contributed by atoms with Crippen LogP contribution in [0.25, 0.3) is 0 Å². The molecule has 2 amide bonds. The van der Waals surface area contributed by atoms with Crippen LogP contribution >= 0.6 is 0 Å². The predicted molar refractivity (Wildman–Crippen MR) is 82.5 cm³/mol. The zero-order valence-electron chi connectivity index (χ0n) is 13.3. The van der Waals surface area contributed by atoms with Crippen molar-refractivity contribution in [3.63, 3.8) is 0 Å². The molecule has 0 radical (unpaired) electrons. The molecule has 122 valence electrons. The summed E-state index contributed by atoms with van der Waals surface area (Å²) in [6, 6.07) is 0.113. The Morgan fingerprint density at radius 1 is 1.55 bits per heavy atom. The third kappa shape index (κ3) is 2.96. The molecule has 2 fully saturated rings. The van der Waals surface area contributed by atoms with Gasteiger partial charge < -0.3 is 19.9 Å². The van der Waals surface area contributed by atoms with Gasteiger partial charge in [-0.15, -0.1) is 0 Å². The van der Waals surface area contributed by atoms with Gasteiger partial charge >= 0.3 is 6.03 Å². The SMILES string of the molecule is COC1(CNC(=O)N2CCN(C)[C@@H](c3ncc[nH]3)C2)CCC1. The van der Waals surface area contributed by atoms with E-state index in [1.165, 1.54) is 6.42 Å². The second kappa shape index (κ2) is 6.26. The topological polar surface area (TPSA) is 73.5 Å². The lowest BCUT2D eigenvalue weighted by molar-refractivity contribution is -0.0681. The fraction of sp³-hybridized carbons (Fsp3) is 0.733. The number of hydrogen-bond acceptors (Lipinski definition) is 4. The highest BCUT2D eigenvalue weighted by molar-refractivity contribution is 5.74. The number of methoxy groups -OCH3 is 1. The van der Waals surface area contributed by atoms with Crippen LogP contribution in [0.5, 0.6) is 0 Å². The van der Waals surface area contributed by atoms with Crippen LogP contribution < -0.4 is 5.32 Å². The van der Waals surface area contributed by atoms with E-state index >= 15 is 0 Å². The van der Waals surface area contributed by atoms with Gasteiger partial charge in [0.25, 0.3) is 0 Å². The van der Waals surface area contributed by atoms with Gasteiger partial charge in [-0.3, -0.25) is 4.90 Å². The summed E-state index contributed by atoms with van der Waals surface area (Å²) < 4.78 is 5.55. The van der Waals surface area contributed by atoms with E-state index in [-0.39, 0.29) is 17.7 Å². The number of aromatic amines is 1. The molecule has 1 aromatic heterocycles. The molecule has 22 heavy (non-hydrogen) atoms. The first-order valence-corrected chi connectivity index (χ1v) is 7.91. The van der Waals surface area contributed by atoms with E-state index in [2.05, 4.69) is 27.2 Å². The molecule has 0 bridgehead atoms. The molecule has 0 aromatic carbocycles. The molecule has 0 unspecified atom stereocenters. The maximum atomic E-state index is 12.4. The number of aromatic nitrogens is 2. The molecule has 1 aliphatic carbocycles. The van der Waals surface area contributed by atoms with E-state index in [9.17, 15) is 4.79 Å². The molecule has 2 N–H and O–H groups in total. The molecule has 2 heterocycles. The number of H-pyrrole nitrogens is 1. The van der Waals surface area contributed by atoms with Crippen molar-refractivity contribution in [2.75, 3.05) is 40.3 Å². The van der Waals surface area contributed by atoms with Crippen LogP contribution in [-0.2, 0) is 4.74 Å². The van der Waals surface area contributed by atoms with E-state index in [0.29, 0.717) is 13.1 Å². The first kappa shape index (κ1) is 15.3. The van der Waals surface area contributed by atoms with Gasteiger partial charge in [-0.25, -0.2) is 9.78 Å². The minimum atomic E-state index is -0.136. The van der Waals surface area contributed by atoms with Crippen molar-refractivity contribution in [3.8, 4) is 0 Å². The molecular formula is C15H25N5O2. The first-order chi connectivity index (χ1) is 10.6. The van der Waals surface area contributed by atoms with Crippen molar-refractivity contribution in [2.45, 2.75) is 30.9 Å². The van der Waals surface area contributed by atoms with Crippen molar-refractivity contribution in [1.29, 1.82) is 0 Å². The van der Waals surface area contributed by atoms with Crippen molar-refractivity contribution in [3.05, 3.63) is 18.2 Å². The van der Waals surface area contributed by atoms with E-state index in [0.717, 1.165) is 31.8 Å². The Kier molecular flexibility index (Phi) is 4.35. The smallest absolute Gasteiger partial charge is 0.317 e. The van der Waals surface area contributed by atoms with E-state index in [1.807, 2.05) is 11.1 Å². The largest absolute Gasteiger partial charge is 0.376 e. The number of rotatable bonds is 4. The predicted octanol–water partition coefficient (Wildman–Crippen LogP) is 0.977. The highest BCUT2D eigenvalue weighted by Crippen LogP contribution is 2.34. The van der Waals surface area contributed by atoms with E-state index in [1.54, 1.807) is 13.3 Å².